The standard InChI is InChI=1S/C18H23NO4S/c1-2-9-19-16-6-4-3-5-15(16)12-17(19)18(20)23-13-14-7-10-24(21,22)11-8-14/h3-6,12,14H,2,7-11,13H2,1H3. The van der Waals surface area contributed by atoms with Crippen LogP contribution in [0.5, 0.6) is 0 Å². The molecule has 24 heavy (non-hydrogen) atoms. The maximum absolute atomic E-state index is 12.5. The zero-order valence-electron chi connectivity index (χ0n) is 13.9. The van der Waals surface area contributed by atoms with Crippen molar-refractivity contribution in [2.75, 3.05) is 18.1 Å². The van der Waals surface area contributed by atoms with Crippen molar-refractivity contribution < 1.29 is 17.9 Å². The summed E-state index contributed by atoms with van der Waals surface area (Å²) in [5, 5.41) is 1.03. The summed E-state index contributed by atoms with van der Waals surface area (Å²) in [5.74, 6) is 0.214. The fourth-order valence-electron chi connectivity index (χ4n) is 3.22. The molecule has 0 N–H and O–H groups in total. The summed E-state index contributed by atoms with van der Waals surface area (Å²) in [7, 11) is -2.88. The van der Waals surface area contributed by atoms with E-state index in [9.17, 15) is 13.2 Å². The lowest BCUT2D eigenvalue weighted by molar-refractivity contribution is 0.0420. The van der Waals surface area contributed by atoms with Crippen LogP contribution in [0.1, 0.15) is 36.7 Å². The Bertz CT molecular complexity index is 824. The first-order valence-electron chi connectivity index (χ1n) is 8.46. The topological polar surface area (TPSA) is 65.4 Å². The number of sulfone groups is 1. The van der Waals surface area contributed by atoms with Crippen molar-refractivity contribution in [1.29, 1.82) is 0 Å². The van der Waals surface area contributed by atoms with Crippen molar-refractivity contribution in [2.45, 2.75) is 32.7 Å². The van der Waals surface area contributed by atoms with Crippen LogP contribution in [-0.4, -0.2) is 37.1 Å². The summed E-state index contributed by atoms with van der Waals surface area (Å²) in [4.78, 5) is 12.5. The number of nitrogens with zero attached hydrogens (tertiary/aromatic N) is 1. The van der Waals surface area contributed by atoms with Crippen molar-refractivity contribution >= 4 is 26.7 Å². The first-order chi connectivity index (χ1) is 11.5. The molecule has 1 saturated heterocycles. The molecule has 0 saturated carbocycles. The average molecular weight is 349 g/mol. The molecule has 3 rings (SSSR count). The monoisotopic (exact) mass is 349 g/mol. The molecule has 2 heterocycles. The molecule has 0 radical (unpaired) electrons. The molecule has 0 atom stereocenters. The van der Waals surface area contributed by atoms with Crippen LogP contribution in [0.15, 0.2) is 30.3 Å². The molecular weight excluding hydrogens is 326 g/mol. The van der Waals surface area contributed by atoms with E-state index in [0.29, 0.717) is 25.1 Å². The number of para-hydroxylation sites is 1. The van der Waals surface area contributed by atoms with E-state index in [2.05, 4.69) is 6.92 Å². The van der Waals surface area contributed by atoms with Crippen LogP contribution in [0.25, 0.3) is 10.9 Å². The summed E-state index contributed by atoms with van der Waals surface area (Å²) < 4.78 is 30.4. The third kappa shape index (κ3) is 3.64. The van der Waals surface area contributed by atoms with Gasteiger partial charge in [-0.3, -0.25) is 0 Å². The van der Waals surface area contributed by atoms with E-state index >= 15 is 0 Å². The highest BCUT2D eigenvalue weighted by atomic mass is 32.2. The number of rotatable bonds is 5. The molecule has 6 heteroatoms. The molecule has 1 aromatic heterocycles. The molecule has 0 spiro atoms. The second-order valence-corrected chi connectivity index (χ2v) is 8.74. The van der Waals surface area contributed by atoms with Gasteiger partial charge in [-0.1, -0.05) is 25.1 Å². The predicted molar refractivity (Wildman–Crippen MR) is 93.9 cm³/mol. The van der Waals surface area contributed by atoms with Crippen molar-refractivity contribution in [3.8, 4) is 0 Å². The van der Waals surface area contributed by atoms with Gasteiger partial charge in [0.05, 0.1) is 18.1 Å². The van der Waals surface area contributed by atoms with Crippen LogP contribution >= 0.6 is 0 Å². The Morgan fingerprint density at radius 3 is 2.67 bits per heavy atom. The summed E-state index contributed by atoms with van der Waals surface area (Å²) >= 11 is 0. The third-order valence-corrected chi connectivity index (χ3v) is 6.31. The zero-order chi connectivity index (χ0) is 17.2. The van der Waals surface area contributed by atoms with E-state index in [-0.39, 0.29) is 23.4 Å². The number of aromatic nitrogens is 1. The number of carbonyl (C=O) groups excluding carboxylic acids is 1. The van der Waals surface area contributed by atoms with Gasteiger partial charge in [-0.2, -0.15) is 0 Å². The minimum Gasteiger partial charge on any atom is -0.461 e. The van der Waals surface area contributed by atoms with Gasteiger partial charge < -0.3 is 9.30 Å². The highest BCUT2D eigenvalue weighted by Gasteiger charge is 2.25. The van der Waals surface area contributed by atoms with E-state index in [1.165, 1.54) is 0 Å². The fraction of sp³-hybridized carbons (Fsp3) is 0.500. The first kappa shape index (κ1) is 17.0. The molecule has 1 aliphatic heterocycles. The Morgan fingerprint density at radius 1 is 1.25 bits per heavy atom. The number of hydrogen-bond donors (Lipinski definition) is 0. The maximum atomic E-state index is 12.5. The predicted octanol–water partition coefficient (Wildman–Crippen LogP) is 3.03. The van der Waals surface area contributed by atoms with Gasteiger partial charge in [0.2, 0.25) is 0 Å². The lowest BCUT2D eigenvalue weighted by Crippen LogP contribution is -2.27. The van der Waals surface area contributed by atoms with Crippen molar-refractivity contribution in [1.82, 2.24) is 4.57 Å². The van der Waals surface area contributed by atoms with Crippen LogP contribution in [0.4, 0.5) is 0 Å². The van der Waals surface area contributed by atoms with Gasteiger partial charge >= 0.3 is 5.97 Å². The van der Waals surface area contributed by atoms with Crippen LogP contribution in [0.2, 0.25) is 0 Å². The summed E-state index contributed by atoms with van der Waals surface area (Å²) in [6, 6.07) is 9.79. The summed E-state index contributed by atoms with van der Waals surface area (Å²) in [6.45, 7) is 3.13. The Kier molecular flexibility index (Phi) is 4.94. The van der Waals surface area contributed by atoms with Crippen LogP contribution in [0.3, 0.4) is 0 Å². The van der Waals surface area contributed by atoms with E-state index in [1.807, 2.05) is 34.9 Å². The van der Waals surface area contributed by atoms with Gasteiger partial charge in [0.25, 0.3) is 0 Å². The van der Waals surface area contributed by atoms with Crippen molar-refractivity contribution in [3.05, 3.63) is 36.0 Å². The number of ether oxygens (including phenoxy) is 1. The molecule has 1 aromatic carbocycles. The Hall–Kier alpha value is -1.82. The highest BCUT2D eigenvalue weighted by Crippen LogP contribution is 2.23. The minimum atomic E-state index is -2.88. The Labute approximate surface area is 142 Å². The summed E-state index contributed by atoms with van der Waals surface area (Å²) in [6.07, 6.45) is 2.08. The summed E-state index contributed by atoms with van der Waals surface area (Å²) in [5.41, 5.74) is 1.61. The number of carbonyl (C=O) groups is 1. The second-order valence-electron chi connectivity index (χ2n) is 6.43. The van der Waals surface area contributed by atoms with Gasteiger partial charge in [-0.05, 0) is 37.3 Å². The first-order valence-corrected chi connectivity index (χ1v) is 10.3. The Morgan fingerprint density at radius 2 is 1.96 bits per heavy atom. The molecule has 1 aliphatic rings. The molecule has 0 unspecified atom stereocenters. The SMILES string of the molecule is CCCn1c(C(=O)OCC2CCS(=O)(=O)CC2)cc2ccccc21. The van der Waals surface area contributed by atoms with E-state index in [0.717, 1.165) is 23.9 Å². The number of aryl methyl sites for hydroxylation is 1. The number of fused-ring (bicyclic) bond motifs is 1. The molecule has 2 aromatic rings. The van der Waals surface area contributed by atoms with Crippen molar-refractivity contribution in [3.63, 3.8) is 0 Å². The normalized spacial score (nSPS) is 17.9. The van der Waals surface area contributed by atoms with Crippen molar-refractivity contribution in [2.24, 2.45) is 5.92 Å². The van der Waals surface area contributed by atoms with Crippen LogP contribution < -0.4 is 0 Å². The minimum absolute atomic E-state index is 0.140. The zero-order valence-corrected chi connectivity index (χ0v) is 14.7. The largest absolute Gasteiger partial charge is 0.461 e. The van der Waals surface area contributed by atoms with Gasteiger partial charge in [-0.15, -0.1) is 0 Å². The fourth-order valence-corrected chi connectivity index (χ4v) is 4.81. The van der Waals surface area contributed by atoms with E-state index in [1.54, 1.807) is 0 Å². The van der Waals surface area contributed by atoms with Crippen LogP contribution in [0, 0.1) is 5.92 Å². The van der Waals surface area contributed by atoms with E-state index in [4.69, 9.17) is 4.74 Å². The molecule has 5 nitrogen and oxygen atoms in total. The molecule has 0 amide bonds. The maximum Gasteiger partial charge on any atom is 0.354 e. The Balaban J connectivity index is 1.71. The number of benzene rings is 1. The van der Waals surface area contributed by atoms with E-state index < -0.39 is 9.84 Å². The lowest BCUT2D eigenvalue weighted by atomic mass is 10.0. The van der Waals surface area contributed by atoms with Gasteiger partial charge in [0.1, 0.15) is 15.5 Å². The molecule has 130 valence electrons. The third-order valence-electron chi connectivity index (χ3n) is 4.59. The van der Waals surface area contributed by atoms with Gasteiger partial charge in [-0.25, -0.2) is 13.2 Å². The van der Waals surface area contributed by atoms with Gasteiger partial charge in [0, 0.05) is 17.4 Å². The second kappa shape index (κ2) is 6.97. The smallest absolute Gasteiger partial charge is 0.354 e. The average Bonchev–Trinajstić information content (AvgIpc) is 2.93. The molecular formula is C18H23NO4S. The number of esters is 1. The molecule has 1 fully saturated rings. The van der Waals surface area contributed by atoms with Crippen LogP contribution in [-0.2, 0) is 21.1 Å². The highest BCUT2D eigenvalue weighted by molar-refractivity contribution is 7.91. The quantitative estimate of drug-likeness (QED) is 0.778. The lowest BCUT2D eigenvalue weighted by Gasteiger charge is -2.21. The molecule has 0 aliphatic carbocycles. The molecule has 0 bridgehead atoms. The number of hydrogen-bond acceptors (Lipinski definition) is 4. The van der Waals surface area contributed by atoms with Gasteiger partial charge in [0.15, 0.2) is 0 Å².